The SMILES string of the molecule is CN(C)c1ccc(N)c(OCCN2CCCC2)c1. The number of likely N-dealkylation sites (tertiary alicyclic amines) is 1. The van der Waals surface area contributed by atoms with Crippen molar-refractivity contribution in [2.75, 3.05) is 51.0 Å². The summed E-state index contributed by atoms with van der Waals surface area (Å²) in [5, 5.41) is 0. The summed E-state index contributed by atoms with van der Waals surface area (Å²) in [6.45, 7) is 4.11. The number of rotatable bonds is 5. The van der Waals surface area contributed by atoms with Crippen LogP contribution in [0, 0.1) is 0 Å². The van der Waals surface area contributed by atoms with Gasteiger partial charge in [-0.3, -0.25) is 4.90 Å². The van der Waals surface area contributed by atoms with E-state index in [1.807, 2.05) is 37.2 Å². The first-order chi connectivity index (χ1) is 8.66. The number of hydrogen-bond donors (Lipinski definition) is 1. The van der Waals surface area contributed by atoms with E-state index in [9.17, 15) is 0 Å². The number of ether oxygens (including phenoxy) is 1. The number of anilines is 2. The highest BCUT2D eigenvalue weighted by Gasteiger charge is 2.11. The molecule has 0 unspecified atom stereocenters. The van der Waals surface area contributed by atoms with Crippen LogP contribution in [0.4, 0.5) is 11.4 Å². The zero-order valence-electron chi connectivity index (χ0n) is 11.4. The number of hydrogen-bond acceptors (Lipinski definition) is 4. The zero-order chi connectivity index (χ0) is 13.0. The van der Waals surface area contributed by atoms with Crippen LogP contribution in [0.5, 0.6) is 5.75 Å². The molecule has 1 aromatic rings. The first-order valence-corrected chi connectivity index (χ1v) is 6.59. The molecular weight excluding hydrogens is 226 g/mol. The number of nitrogen functional groups attached to an aromatic ring is 1. The second kappa shape index (κ2) is 5.96. The summed E-state index contributed by atoms with van der Waals surface area (Å²) >= 11 is 0. The molecule has 0 bridgehead atoms. The standard InChI is InChI=1S/C14H23N3O/c1-16(2)12-5-6-13(15)14(11-12)18-10-9-17-7-3-4-8-17/h5-6,11H,3-4,7-10,15H2,1-2H3. The molecule has 1 aliphatic rings. The fraction of sp³-hybridized carbons (Fsp3) is 0.571. The van der Waals surface area contributed by atoms with Gasteiger partial charge >= 0.3 is 0 Å². The van der Waals surface area contributed by atoms with Crippen molar-refractivity contribution in [1.29, 1.82) is 0 Å². The van der Waals surface area contributed by atoms with Crippen LogP contribution in [-0.2, 0) is 0 Å². The van der Waals surface area contributed by atoms with Crippen molar-refractivity contribution in [3.8, 4) is 5.75 Å². The first-order valence-electron chi connectivity index (χ1n) is 6.59. The van der Waals surface area contributed by atoms with Gasteiger partial charge in [-0.25, -0.2) is 0 Å². The summed E-state index contributed by atoms with van der Waals surface area (Å²) < 4.78 is 5.80. The Bertz CT molecular complexity index is 387. The van der Waals surface area contributed by atoms with E-state index in [1.165, 1.54) is 25.9 Å². The van der Waals surface area contributed by atoms with E-state index in [0.717, 1.165) is 18.0 Å². The van der Waals surface area contributed by atoms with Crippen molar-refractivity contribution < 1.29 is 4.74 Å². The van der Waals surface area contributed by atoms with Crippen LogP contribution in [0.15, 0.2) is 18.2 Å². The second-order valence-electron chi connectivity index (χ2n) is 5.01. The molecule has 100 valence electrons. The molecule has 4 heteroatoms. The number of nitrogens with two attached hydrogens (primary N) is 1. The third-order valence-electron chi connectivity index (χ3n) is 3.38. The van der Waals surface area contributed by atoms with Crippen molar-refractivity contribution in [3.63, 3.8) is 0 Å². The maximum absolute atomic E-state index is 5.93. The Kier molecular flexibility index (Phi) is 4.31. The molecular formula is C14H23N3O. The quantitative estimate of drug-likeness (QED) is 0.808. The minimum atomic E-state index is 0.709. The lowest BCUT2D eigenvalue weighted by molar-refractivity contribution is 0.238. The summed E-state index contributed by atoms with van der Waals surface area (Å²) in [6.07, 6.45) is 2.64. The smallest absolute Gasteiger partial charge is 0.144 e. The average molecular weight is 249 g/mol. The van der Waals surface area contributed by atoms with Gasteiger partial charge in [0.15, 0.2) is 0 Å². The monoisotopic (exact) mass is 249 g/mol. The van der Waals surface area contributed by atoms with Crippen molar-refractivity contribution in [1.82, 2.24) is 4.90 Å². The molecule has 2 rings (SSSR count). The van der Waals surface area contributed by atoms with Crippen LogP contribution in [0.1, 0.15) is 12.8 Å². The maximum Gasteiger partial charge on any atom is 0.144 e. The summed E-state index contributed by atoms with van der Waals surface area (Å²) in [5.74, 6) is 0.792. The van der Waals surface area contributed by atoms with Crippen LogP contribution in [0.25, 0.3) is 0 Å². The van der Waals surface area contributed by atoms with Crippen molar-refractivity contribution in [3.05, 3.63) is 18.2 Å². The second-order valence-corrected chi connectivity index (χ2v) is 5.01. The van der Waals surface area contributed by atoms with Gasteiger partial charge in [0.2, 0.25) is 0 Å². The van der Waals surface area contributed by atoms with E-state index in [0.29, 0.717) is 12.3 Å². The molecule has 0 amide bonds. The van der Waals surface area contributed by atoms with Gasteiger partial charge in [0.1, 0.15) is 12.4 Å². The molecule has 1 aliphatic heterocycles. The van der Waals surface area contributed by atoms with Crippen LogP contribution in [0.2, 0.25) is 0 Å². The lowest BCUT2D eigenvalue weighted by Gasteiger charge is -2.18. The highest BCUT2D eigenvalue weighted by Crippen LogP contribution is 2.26. The van der Waals surface area contributed by atoms with Gasteiger partial charge in [-0.15, -0.1) is 0 Å². The third-order valence-corrected chi connectivity index (χ3v) is 3.38. The highest BCUT2D eigenvalue weighted by atomic mass is 16.5. The molecule has 0 spiro atoms. The predicted molar refractivity (Wildman–Crippen MR) is 76.4 cm³/mol. The molecule has 0 aromatic heterocycles. The lowest BCUT2D eigenvalue weighted by Crippen LogP contribution is -2.25. The molecule has 0 radical (unpaired) electrons. The molecule has 1 aromatic carbocycles. The summed E-state index contributed by atoms with van der Waals surface area (Å²) in [4.78, 5) is 4.48. The molecule has 0 atom stereocenters. The Hall–Kier alpha value is -1.42. The van der Waals surface area contributed by atoms with E-state index in [2.05, 4.69) is 4.90 Å². The Morgan fingerprint density at radius 3 is 2.67 bits per heavy atom. The van der Waals surface area contributed by atoms with Crippen LogP contribution >= 0.6 is 0 Å². The minimum absolute atomic E-state index is 0.709. The summed E-state index contributed by atoms with van der Waals surface area (Å²) in [6, 6.07) is 5.91. The normalized spacial score (nSPS) is 15.9. The van der Waals surface area contributed by atoms with Gasteiger partial charge in [-0.2, -0.15) is 0 Å². The maximum atomic E-state index is 5.93. The van der Waals surface area contributed by atoms with E-state index >= 15 is 0 Å². The topological polar surface area (TPSA) is 41.7 Å². The van der Waals surface area contributed by atoms with Gasteiger partial charge in [0.05, 0.1) is 5.69 Å². The Morgan fingerprint density at radius 1 is 1.28 bits per heavy atom. The third kappa shape index (κ3) is 3.29. The summed E-state index contributed by atoms with van der Waals surface area (Å²) in [7, 11) is 4.03. The van der Waals surface area contributed by atoms with Gasteiger partial charge < -0.3 is 15.4 Å². The molecule has 1 fully saturated rings. The number of nitrogens with zero attached hydrogens (tertiary/aromatic N) is 2. The average Bonchev–Trinajstić information content (AvgIpc) is 2.84. The van der Waals surface area contributed by atoms with E-state index in [1.54, 1.807) is 0 Å². The first kappa shape index (κ1) is 13.0. The number of benzene rings is 1. The van der Waals surface area contributed by atoms with Gasteiger partial charge in [0, 0.05) is 32.4 Å². The summed E-state index contributed by atoms with van der Waals surface area (Å²) in [5.41, 5.74) is 7.75. The van der Waals surface area contributed by atoms with Crippen LogP contribution in [-0.4, -0.2) is 45.2 Å². The zero-order valence-corrected chi connectivity index (χ0v) is 11.4. The van der Waals surface area contributed by atoms with Gasteiger partial charge in [-0.1, -0.05) is 0 Å². The Morgan fingerprint density at radius 2 is 2.00 bits per heavy atom. The fourth-order valence-corrected chi connectivity index (χ4v) is 2.22. The molecule has 4 nitrogen and oxygen atoms in total. The molecule has 0 aliphatic carbocycles. The molecule has 1 saturated heterocycles. The fourth-order valence-electron chi connectivity index (χ4n) is 2.22. The van der Waals surface area contributed by atoms with E-state index < -0.39 is 0 Å². The highest BCUT2D eigenvalue weighted by molar-refractivity contribution is 5.61. The van der Waals surface area contributed by atoms with Gasteiger partial charge in [0.25, 0.3) is 0 Å². The molecule has 0 saturated carbocycles. The Labute approximate surface area is 109 Å². The van der Waals surface area contributed by atoms with Gasteiger partial charge in [-0.05, 0) is 38.1 Å². The molecule has 1 heterocycles. The largest absolute Gasteiger partial charge is 0.490 e. The van der Waals surface area contributed by atoms with Crippen LogP contribution in [0.3, 0.4) is 0 Å². The van der Waals surface area contributed by atoms with Crippen molar-refractivity contribution >= 4 is 11.4 Å². The van der Waals surface area contributed by atoms with Crippen LogP contribution < -0.4 is 15.4 Å². The minimum Gasteiger partial charge on any atom is -0.490 e. The van der Waals surface area contributed by atoms with E-state index in [4.69, 9.17) is 10.5 Å². The lowest BCUT2D eigenvalue weighted by atomic mass is 10.2. The van der Waals surface area contributed by atoms with E-state index in [-0.39, 0.29) is 0 Å². The van der Waals surface area contributed by atoms with Crippen molar-refractivity contribution in [2.45, 2.75) is 12.8 Å². The molecule has 18 heavy (non-hydrogen) atoms. The predicted octanol–water partition coefficient (Wildman–Crippen LogP) is 1.81. The van der Waals surface area contributed by atoms with Crippen molar-refractivity contribution in [2.24, 2.45) is 0 Å². The Balaban J connectivity index is 1.89. The molecule has 2 N–H and O–H groups in total.